The Morgan fingerprint density at radius 1 is 1.18 bits per heavy atom. The second-order valence-electron chi connectivity index (χ2n) is 4.61. The van der Waals surface area contributed by atoms with E-state index in [1.807, 2.05) is 35.7 Å². The Morgan fingerprint density at radius 3 is 2.82 bits per heavy atom. The van der Waals surface area contributed by atoms with Crippen molar-refractivity contribution in [2.45, 2.75) is 6.42 Å². The Kier molecular flexibility index (Phi) is 4.50. The summed E-state index contributed by atoms with van der Waals surface area (Å²) in [6, 6.07) is 10.1. The standard InChI is InChI=1S/C16H14N4OS/c21-15(14-10-17-8-9-18-14)19-7-6-13-11-22-16(20-13)12-4-2-1-3-5-12/h1-5,8-11H,6-7H2,(H,19,21). The van der Waals surface area contributed by atoms with Crippen LogP contribution >= 0.6 is 11.3 Å². The number of benzene rings is 1. The number of rotatable bonds is 5. The molecule has 110 valence electrons. The lowest BCUT2D eigenvalue weighted by Gasteiger charge is -2.02. The Labute approximate surface area is 132 Å². The van der Waals surface area contributed by atoms with Gasteiger partial charge in [0.05, 0.1) is 11.9 Å². The minimum Gasteiger partial charge on any atom is -0.350 e. The molecule has 5 nitrogen and oxygen atoms in total. The van der Waals surface area contributed by atoms with Crippen molar-refractivity contribution in [3.63, 3.8) is 0 Å². The van der Waals surface area contributed by atoms with Crippen LogP contribution in [0.4, 0.5) is 0 Å². The number of carbonyl (C=O) groups is 1. The molecule has 2 heterocycles. The third-order valence-corrected chi connectivity index (χ3v) is 3.98. The average Bonchev–Trinajstić information content (AvgIpc) is 3.05. The van der Waals surface area contributed by atoms with Crippen LogP contribution in [-0.4, -0.2) is 27.4 Å². The molecule has 1 amide bonds. The van der Waals surface area contributed by atoms with Gasteiger partial charge < -0.3 is 5.32 Å². The number of carbonyl (C=O) groups excluding carboxylic acids is 1. The minimum absolute atomic E-state index is 0.216. The lowest BCUT2D eigenvalue weighted by Crippen LogP contribution is -2.26. The second-order valence-corrected chi connectivity index (χ2v) is 5.46. The first kappa shape index (κ1) is 14.3. The van der Waals surface area contributed by atoms with Crippen LogP contribution < -0.4 is 5.32 Å². The average molecular weight is 310 g/mol. The maximum atomic E-state index is 11.8. The summed E-state index contributed by atoms with van der Waals surface area (Å²) < 4.78 is 0. The van der Waals surface area contributed by atoms with Crippen LogP contribution in [0.15, 0.2) is 54.3 Å². The Hall–Kier alpha value is -2.60. The molecule has 0 aliphatic carbocycles. The molecule has 0 bridgehead atoms. The van der Waals surface area contributed by atoms with E-state index in [1.54, 1.807) is 11.3 Å². The van der Waals surface area contributed by atoms with Gasteiger partial charge in [0.15, 0.2) is 0 Å². The fraction of sp³-hybridized carbons (Fsp3) is 0.125. The molecule has 0 saturated heterocycles. The quantitative estimate of drug-likeness (QED) is 0.786. The second kappa shape index (κ2) is 6.91. The van der Waals surface area contributed by atoms with Crippen molar-refractivity contribution in [1.29, 1.82) is 0 Å². The normalized spacial score (nSPS) is 10.4. The highest BCUT2D eigenvalue weighted by molar-refractivity contribution is 7.13. The molecule has 0 radical (unpaired) electrons. The van der Waals surface area contributed by atoms with Crippen molar-refractivity contribution >= 4 is 17.2 Å². The summed E-state index contributed by atoms with van der Waals surface area (Å²) in [4.78, 5) is 24.3. The predicted octanol–water partition coefficient (Wildman–Crippen LogP) is 2.57. The highest BCUT2D eigenvalue weighted by Crippen LogP contribution is 2.23. The van der Waals surface area contributed by atoms with E-state index in [0.29, 0.717) is 18.7 Å². The van der Waals surface area contributed by atoms with Gasteiger partial charge in [-0.2, -0.15) is 0 Å². The molecular formula is C16H14N4OS. The SMILES string of the molecule is O=C(NCCc1csc(-c2ccccc2)n1)c1cnccn1. The van der Waals surface area contributed by atoms with Crippen LogP contribution in [0.1, 0.15) is 16.2 Å². The highest BCUT2D eigenvalue weighted by atomic mass is 32.1. The van der Waals surface area contributed by atoms with Gasteiger partial charge in [0.1, 0.15) is 10.7 Å². The minimum atomic E-state index is -0.216. The van der Waals surface area contributed by atoms with Crippen LogP contribution in [0.5, 0.6) is 0 Å². The summed E-state index contributed by atoms with van der Waals surface area (Å²) >= 11 is 1.61. The van der Waals surface area contributed by atoms with Gasteiger partial charge in [-0.05, 0) is 0 Å². The van der Waals surface area contributed by atoms with Gasteiger partial charge in [-0.3, -0.25) is 9.78 Å². The third-order valence-electron chi connectivity index (χ3n) is 3.03. The van der Waals surface area contributed by atoms with E-state index in [1.165, 1.54) is 18.6 Å². The molecule has 0 spiro atoms. The Bertz CT molecular complexity index is 743. The molecule has 0 aliphatic heterocycles. The largest absolute Gasteiger partial charge is 0.350 e. The molecular weight excluding hydrogens is 296 g/mol. The van der Waals surface area contributed by atoms with Crippen LogP contribution in [0.3, 0.4) is 0 Å². The van der Waals surface area contributed by atoms with E-state index in [0.717, 1.165) is 16.3 Å². The highest BCUT2D eigenvalue weighted by Gasteiger charge is 2.07. The van der Waals surface area contributed by atoms with E-state index in [-0.39, 0.29) is 5.91 Å². The summed E-state index contributed by atoms with van der Waals surface area (Å²) in [7, 11) is 0. The fourth-order valence-electron chi connectivity index (χ4n) is 1.95. The van der Waals surface area contributed by atoms with Crippen LogP contribution in [-0.2, 0) is 6.42 Å². The molecule has 6 heteroatoms. The maximum Gasteiger partial charge on any atom is 0.271 e. The number of thiazole rings is 1. The summed E-state index contributed by atoms with van der Waals surface area (Å²) in [5, 5.41) is 5.84. The molecule has 0 atom stereocenters. The van der Waals surface area contributed by atoms with Crippen molar-refractivity contribution in [2.75, 3.05) is 6.54 Å². The van der Waals surface area contributed by atoms with E-state index < -0.39 is 0 Å². The molecule has 0 fully saturated rings. The lowest BCUT2D eigenvalue weighted by atomic mass is 10.2. The van der Waals surface area contributed by atoms with Gasteiger partial charge in [0.25, 0.3) is 5.91 Å². The van der Waals surface area contributed by atoms with Crippen LogP contribution in [0.2, 0.25) is 0 Å². The van der Waals surface area contributed by atoms with Crippen molar-refractivity contribution in [3.05, 3.63) is 65.7 Å². The fourth-order valence-corrected chi connectivity index (χ4v) is 2.81. The molecule has 1 aromatic carbocycles. The van der Waals surface area contributed by atoms with Crippen molar-refractivity contribution < 1.29 is 4.79 Å². The zero-order chi connectivity index (χ0) is 15.2. The monoisotopic (exact) mass is 310 g/mol. The smallest absolute Gasteiger partial charge is 0.271 e. The van der Waals surface area contributed by atoms with Gasteiger partial charge in [-0.25, -0.2) is 9.97 Å². The number of amides is 1. The number of aromatic nitrogens is 3. The van der Waals surface area contributed by atoms with E-state index in [4.69, 9.17) is 0 Å². The van der Waals surface area contributed by atoms with Gasteiger partial charge in [0.2, 0.25) is 0 Å². The van der Waals surface area contributed by atoms with Gasteiger partial charge >= 0.3 is 0 Å². The molecule has 0 unspecified atom stereocenters. The molecule has 2 aromatic heterocycles. The van der Waals surface area contributed by atoms with E-state index >= 15 is 0 Å². The predicted molar refractivity (Wildman–Crippen MR) is 85.6 cm³/mol. The van der Waals surface area contributed by atoms with Crippen molar-refractivity contribution in [1.82, 2.24) is 20.3 Å². The number of nitrogens with one attached hydrogen (secondary N) is 1. The van der Waals surface area contributed by atoms with Crippen LogP contribution in [0.25, 0.3) is 10.6 Å². The third kappa shape index (κ3) is 3.53. The Morgan fingerprint density at radius 2 is 2.05 bits per heavy atom. The van der Waals surface area contributed by atoms with Gasteiger partial charge in [-0.15, -0.1) is 11.3 Å². The first-order valence-electron chi connectivity index (χ1n) is 6.87. The summed E-state index contributed by atoms with van der Waals surface area (Å²) in [6.45, 7) is 0.521. The Balaban J connectivity index is 1.55. The number of nitrogens with zero attached hydrogens (tertiary/aromatic N) is 3. The number of hydrogen-bond acceptors (Lipinski definition) is 5. The molecule has 0 saturated carbocycles. The van der Waals surface area contributed by atoms with E-state index in [2.05, 4.69) is 20.3 Å². The molecule has 1 N–H and O–H groups in total. The summed E-state index contributed by atoms with van der Waals surface area (Å²) in [5.74, 6) is -0.216. The van der Waals surface area contributed by atoms with Gasteiger partial charge in [0, 0.05) is 36.3 Å². The van der Waals surface area contributed by atoms with E-state index in [9.17, 15) is 4.79 Å². The first-order chi connectivity index (χ1) is 10.8. The molecule has 3 aromatic rings. The maximum absolute atomic E-state index is 11.8. The zero-order valence-electron chi connectivity index (χ0n) is 11.8. The summed E-state index contributed by atoms with van der Waals surface area (Å²) in [6.07, 6.45) is 5.18. The topological polar surface area (TPSA) is 67.8 Å². The van der Waals surface area contributed by atoms with Crippen molar-refractivity contribution in [3.8, 4) is 10.6 Å². The molecule has 22 heavy (non-hydrogen) atoms. The van der Waals surface area contributed by atoms with Crippen molar-refractivity contribution in [2.24, 2.45) is 0 Å². The first-order valence-corrected chi connectivity index (χ1v) is 7.75. The summed E-state index contributed by atoms with van der Waals surface area (Å²) in [5.41, 5.74) is 2.41. The van der Waals surface area contributed by atoms with Gasteiger partial charge in [-0.1, -0.05) is 30.3 Å². The zero-order valence-corrected chi connectivity index (χ0v) is 12.6. The van der Waals surface area contributed by atoms with Crippen LogP contribution in [0, 0.1) is 0 Å². The molecule has 3 rings (SSSR count). The number of hydrogen-bond donors (Lipinski definition) is 1. The molecule has 0 aliphatic rings. The lowest BCUT2D eigenvalue weighted by molar-refractivity contribution is 0.0948.